The number of nitrogens with one attached hydrogen (secondary N) is 1. The van der Waals surface area contributed by atoms with Crippen molar-refractivity contribution in [3.63, 3.8) is 0 Å². The fourth-order valence-corrected chi connectivity index (χ4v) is 3.26. The Morgan fingerprint density at radius 3 is 2.71 bits per heavy atom. The number of halogens is 2. The molecule has 3 rings (SSSR count). The number of aromatic hydroxyl groups is 1. The van der Waals surface area contributed by atoms with E-state index in [0.717, 1.165) is 18.4 Å². The minimum absolute atomic E-state index is 0.185. The van der Waals surface area contributed by atoms with Crippen molar-refractivity contribution < 1.29 is 5.11 Å². The lowest BCUT2D eigenvalue weighted by molar-refractivity contribution is 0.464. The van der Waals surface area contributed by atoms with E-state index in [9.17, 15) is 5.11 Å². The van der Waals surface area contributed by atoms with Crippen LogP contribution in [-0.4, -0.2) is 5.11 Å². The Balaban J connectivity index is 1.77. The zero-order chi connectivity index (χ0) is 15.0. The summed E-state index contributed by atoms with van der Waals surface area (Å²) in [5.41, 5.74) is 3.63. The van der Waals surface area contributed by atoms with Crippen molar-refractivity contribution in [2.75, 3.05) is 0 Å². The predicted molar refractivity (Wildman–Crippen MR) is 87.2 cm³/mol. The number of aryl methyl sites for hydroxylation is 1. The third-order valence-electron chi connectivity index (χ3n) is 4.10. The average Bonchev–Trinajstić information content (AvgIpc) is 2.84. The number of phenolic OH excluding ortho intramolecular Hbond substituents is 1. The molecule has 2 N–H and O–H groups in total. The minimum Gasteiger partial charge on any atom is -0.508 e. The smallest absolute Gasteiger partial charge is 0.115 e. The molecule has 0 spiro atoms. The van der Waals surface area contributed by atoms with Crippen molar-refractivity contribution in [3.05, 3.63) is 63.1 Å². The maximum Gasteiger partial charge on any atom is 0.115 e. The third-order valence-corrected chi connectivity index (χ3v) is 4.84. The van der Waals surface area contributed by atoms with Crippen LogP contribution in [0.3, 0.4) is 0 Å². The van der Waals surface area contributed by atoms with Gasteiger partial charge in [0.25, 0.3) is 0 Å². The van der Waals surface area contributed by atoms with Gasteiger partial charge in [-0.05, 0) is 60.7 Å². The molecule has 0 heterocycles. The number of hydrogen-bond donors (Lipinski definition) is 2. The van der Waals surface area contributed by atoms with Crippen LogP contribution < -0.4 is 5.32 Å². The van der Waals surface area contributed by atoms with Crippen LogP contribution in [0.15, 0.2) is 36.4 Å². The van der Waals surface area contributed by atoms with E-state index >= 15 is 0 Å². The fraction of sp³-hybridized carbons (Fsp3) is 0.294. The van der Waals surface area contributed by atoms with Gasteiger partial charge in [0.15, 0.2) is 0 Å². The van der Waals surface area contributed by atoms with Gasteiger partial charge in [-0.15, -0.1) is 0 Å². The predicted octanol–water partition coefficient (Wildman–Crippen LogP) is 5.04. The van der Waals surface area contributed by atoms with Gasteiger partial charge in [-0.3, -0.25) is 0 Å². The SMILES string of the molecule is CC(NC1CCc2cc(O)ccc21)c1ccc(Cl)c(Cl)c1. The lowest BCUT2D eigenvalue weighted by atomic mass is 10.0. The quantitative estimate of drug-likeness (QED) is 0.830. The van der Waals surface area contributed by atoms with Crippen LogP contribution in [0.2, 0.25) is 10.0 Å². The Bertz CT molecular complexity index is 672. The van der Waals surface area contributed by atoms with Crippen LogP contribution in [0.25, 0.3) is 0 Å². The Hall–Kier alpha value is -1.22. The van der Waals surface area contributed by atoms with Crippen molar-refractivity contribution in [2.45, 2.75) is 31.8 Å². The molecule has 0 amide bonds. The molecule has 0 saturated carbocycles. The highest BCUT2D eigenvalue weighted by Crippen LogP contribution is 2.35. The number of hydrogen-bond acceptors (Lipinski definition) is 2. The highest BCUT2D eigenvalue weighted by molar-refractivity contribution is 6.42. The molecular weight excluding hydrogens is 305 g/mol. The zero-order valence-corrected chi connectivity index (χ0v) is 13.2. The first-order valence-corrected chi connectivity index (χ1v) is 7.83. The second kappa shape index (κ2) is 5.88. The molecule has 2 nitrogen and oxygen atoms in total. The van der Waals surface area contributed by atoms with Gasteiger partial charge < -0.3 is 10.4 Å². The molecule has 0 bridgehead atoms. The van der Waals surface area contributed by atoms with Crippen molar-refractivity contribution in [1.82, 2.24) is 5.32 Å². The molecule has 2 aromatic carbocycles. The average molecular weight is 322 g/mol. The molecule has 0 saturated heterocycles. The molecule has 4 heteroatoms. The van der Waals surface area contributed by atoms with Gasteiger partial charge in [0.1, 0.15) is 5.75 Å². The van der Waals surface area contributed by atoms with Crippen LogP contribution in [-0.2, 0) is 6.42 Å². The summed E-state index contributed by atoms with van der Waals surface area (Å²) in [4.78, 5) is 0. The van der Waals surface area contributed by atoms with Crippen LogP contribution in [0.4, 0.5) is 0 Å². The molecule has 0 aromatic heterocycles. The molecule has 0 radical (unpaired) electrons. The van der Waals surface area contributed by atoms with E-state index in [1.165, 1.54) is 11.1 Å². The molecule has 2 atom stereocenters. The van der Waals surface area contributed by atoms with Crippen molar-refractivity contribution in [3.8, 4) is 5.75 Å². The lowest BCUT2D eigenvalue weighted by Crippen LogP contribution is -2.23. The summed E-state index contributed by atoms with van der Waals surface area (Å²) in [7, 11) is 0. The largest absolute Gasteiger partial charge is 0.508 e. The van der Waals surface area contributed by atoms with Gasteiger partial charge in [-0.25, -0.2) is 0 Å². The summed E-state index contributed by atoms with van der Waals surface area (Å²) in [6.07, 6.45) is 2.04. The normalized spacial score (nSPS) is 18.5. The summed E-state index contributed by atoms with van der Waals surface area (Å²) in [6.45, 7) is 2.12. The maximum absolute atomic E-state index is 9.55. The van der Waals surface area contributed by atoms with Gasteiger partial charge in [0.05, 0.1) is 10.0 Å². The molecule has 0 aliphatic heterocycles. The maximum atomic E-state index is 9.55. The highest BCUT2D eigenvalue weighted by Gasteiger charge is 2.24. The summed E-state index contributed by atoms with van der Waals surface area (Å²) in [5, 5.41) is 14.3. The van der Waals surface area contributed by atoms with E-state index in [1.54, 1.807) is 6.07 Å². The van der Waals surface area contributed by atoms with Crippen molar-refractivity contribution in [1.29, 1.82) is 0 Å². The standard InChI is InChI=1S/C17H17Cl2NO/c1-10(11-2-6-15(18)16(19)9-11)20-17-7-3-12-8-13(21)4-5-14(12)17/h2,4-6,8-10,17,20-21H,3,7H2,1H3. The first-order chi connectivity index (χ1) is 10.0. The first kappa shape index (κ1) is 14.7. The number of fused-ring (bicyclic) bond motifs is 1. The van der Waals surface area contributed by atoms with Gasteiger partial charge in [-0.2, -0.15) is 0 Å². The summed E-state index contributed by atoms with van der Waals surface area (Å²) in [6, 6.07) is 11.9. The molecule has 2 unspecified atom stereocenters. The molecule has 2 aromatic rings. The van der Waals surface area contributed by atoms with Crippen LogP contribution in [0.5, 0.6) is 5.75 Å². The Morgan fingerprint density at radius 1 is 1.14 bits per heavy atom. The zero-order valence-electron chi connectivity index (χ0n) is 11.7. The number of phenols is 1. The molecule has 1 aliphatic rings. The molecule has 21 heavy (non-hydrogen) atoms. The summed E-state index contributed by atoms with van der Waals surface area (Å²) in [5.74, 6) is 0.340. The van der Waals surface area contributed by atoms with Crippen LogP contribution >= 0.6 is 23.2 Å². The fourth-order valence-electron chi connectivity index (χ4n) is 2.96. The second-order valence-electron chi connectivity index (χ2n) is 5.54. The van der Waals surface area contributed by atoms with Crippen molar-refractivity contribution >= 4 is 23.2 Å². The second-order valence-corrected chi connectivity index (χ2v) is 6.35. The Labute approximate surface area is 134 Å². The molecular formula is C17H17Cl2NO. The van der Waals surface area contributed by atoms with Crippen LogP contribution in [0, 0.1) is 0 Å². The summed E-state index contributed by atoms with van der Waals surface area (Å²) < 4.78 is 0. The Kier molecular flexibility index (Phi) is 4.12. The first-order valence-electron chi connectivity index (χ1n) is 7.07. The van der Waals surface area contributed by atoms with E-state index in [4.69, 9.17) is 23.2 Å². The van der Waals surface area contributed by atoms with Gasteiger partial charge in [0, 0.05) is 12.1 Å². The van der Waals surface area contributed by atoms with E-state index < -0.39 is 0 Å². The molecule has 110 valence electrons. The molecule has 0 fully saturated rings. The van der Waals surface area contributed by atoms with Gasteiger partial charge in [-0.1, -0.05) is 35.3 Å². The van der Waals surface area contributed by atoms with Crippen molar-refractivity contribution in [2.24, 2.45) is 0 Å². The summed E-state index contributed by atoms with van der Waals surface area (Å²) >= 11 is 12.0. The van der Waals surface area contributed by atoms with Crippen LogP contribution in [0.1, 0.15) is 42.1 Å². The molecule has 1 aliphatic carbocycles. The van der Waals surface area contributed by atoms with Gasteiger partial charge >= 0.3 is 0 Å². The monoisotopic (exact) mass is 321 g/mol. The Morgan fingerprint density at radius 2 is 1.95 bits per heavy atom. The lowest BCUT2D eigenvalue weighted by Gasteiger charge is -2.21. The van der Waals surface area contributed by atoms with E-state index in [2.05, 4.69) is 12.2 Å². The van der Waals surface area contributed by atoms with E-state index in [1.807, 2.05) is 30.3 Å². The number of rotatable bonds is 3. The third kappa shape index (κ3) is 3.03. The highest BCUT2D eigenvalue weighted by atomic mass is 35.5. The topological polar surface area (TPSA) is 32.3 Å². The van der Waals surface area contributed by atoms with Gasteiger partial charge in [0.2, 0.25) is 0 Å². The number of benzene rings is 2. The van der Waals surface area contributed by atoms with E-state index in [0.29, 0.717) is 21.8 Å². The van der Waals surface area contributed by atoms with E-state index in [-0.39, 0.29) is 6.04 Å². The minimum atomic E-state index is 0.185.